The number of carbonyl (C=O) groups is 2. The van der Waals surface area contributed by atoms with Crippen LogP contribution in [-0.2, 0) is 14.4 Å². The molecule has 0 aromatic carbocycles. The second-order valence-electron chi connectivity index (χ2n) is 2.54. The first kappa shape index (κ1) is 11.9. The standard InChI is InChI=1S/C7H8N4O4S/c8-6(14)5(11-15-1-4(12)13)3-2-16-7(9)10-3/h2H,1H2,(H2,8,14)(H2,9,10)(H,12,13). The first-order valence-electron chi connectivity index (χ1n) is 3.93. The van der Waals surface area contributed by atoms with Crippen LogP contribution in [-0.4, -0.2) is 34.3 Å². The van der Waals surface area contributed by atoms with Gasteiger partial charge in [-0.1, -0.05) is 5.16 Å². The smallest absolute Gasteiger partial charge is 0.344 e. The molecule has 0 spiro atoms. The van der Waals surface area contributed by atoms with Crippen molar-refractivity contribution in [3.8, 4) is 0 Å². The van der Waals surface area contributed by atoms with Crippen molar-refractivity contribution in [1.29, 1.82) is 0 Å². The third-order valence-electron chi connectivity index (χ3n) is 1.34. The molecule has 1 heterocycles. The zero-order valence-electron chi connectivity index (χ0n) is 7.91. The normalized spacial score (nSPS) is 11.1. The molecule has 0 saturated carbocycles. The maximum absolute atomic E-state index is 11.0. The Bertz CT molecular complexity index is 441. The van der Waals surface area contributed by atoms with Gasteiger partial charge in [-0.3, -0.25) is 4.79 Å². The number of carboxylic acid groups (broad SMARTS) is 1. The quantitative estimate of drug-likeness (QED) is 0.448. The molecule has 86 valence electrons. The van der Waals surface area contributed by atoms with Crippen molar-refractivity contribution in [2.45, 2.75) is 0 Å². The Labute approximate surface area is 93.5 Å². The number of carbonyl (C=O) groups excluding carboxylic acids is 1. The molecule has 0 bridgehead atoms. The van der Waals surface area contributed by atoms with Crippen molar-refractivity contribution in [3.63, 3.8) is 0 Å². The van der Waals surface area contributed by atoms with Crippen LogP contribution in [0.5, 0.6) is 0 Å². The fourth-order valence-corrected chi connectivity index (χ4v) is 1.31. The fraction of sp³-hybridized carbons (Fsp3) is 0.143. The number of carboxylic acids is 1. The minimum Gasteiger partial charge on any atom is -0.479 e. The van der Waals surface area contributed by atoms with E-state index in [0.717, 1.165) is 11.3 Å². The van der Waals surface area contributed by atoms with Gasteiger partial charge in [-0.05, 0) is 0 Å². The maximum Gasteiger partial charge on any atom is 0.344 e. The van der Waals surface area contributed by atoms with E-state index < -0.39 is 18.5 Å². The van der Waals surface area contributed by atoms with Gasteiger partial charge in [-0.15, -0.1) is 11.3 Å². The van der Waals surface area contributed by atoms with Crippen molar-refractivity contribution < 1.29 is 19.5 Å². The Kier molecular flexibility index (Phi) is 3.78. The molecule has 1 rings (SSSR count). The molecule has 0 saturated heterocycles. The summed E-state index contributed by atoms with van der Waals surface area (Å²) in [7, 11) is 0. The maximum atomic E-state index is 11.0. The number of hydrogen-bond acceptors (Lipinski definition) is 7. The molecule has 1 aromatic heterocycles. The Balaban J connectivity index is 2.83. The number of nitrogens with zero attached hydrogens (tertiary/aromatic N) is 2. The molecule has 0 aliphatic rings. The first-order valence-corrected chi connectivity index (χ1v) is 4.81. The molecular weight excluding hydrogens is 236 g/mol. The van der Waals surface area contributed by atoms with Gasteiger partial charge < -0.3 is 21.4 Å². The molecule has 1 aromatic rings. The van der Waals surface area contributed by atoms with Gasteiger partial charge in [-0.2, -0.15) is 0 Å². The highest BCUT2D eigenvalue weighted by Gasteiger charge is 2.15. The molecule has 0 aliphatic heterocycles. The van der Waals surface area contributed by atoms with Crippen LogP contribution < -0.4 is 11.5 Å². The molecule has 0 aliphatic carbocycles. The van der Waals surface area contributed by atoms with Crippen LogP contribution in [0.3, 0.4) is 0 Å². The van der Waals surface area contributed by atoms with Gasteiger partial charge in [0.05, 0.1) is 0 Å². The molecule has 0 unspecified atom stereocenters. The van der Waals surface area contributed by atoms with Gasteiger partial charge >= 0.3 is 5.97 Å². The average molecular weight is 244 g/mol. The topological polar surface area (TPSA) is 141 Å². The second-order valence-corrected chi connectivity index (χ2v) is 3.43. The van der Waals surface area contributed by atoms with Gasteiger partial charge in [0.2, 0.25) is 6.61 Å². The van der Waals surface area contributed by atoms with Gasteiger partial charge in [-0.25, -0.2) is 9.78 Å². The molecule has 16 heavy (non-hydrogen) atoms. The van der Waals surface area contributed by atoms with E-state index in [4.69, 9.17) is 16.6 Å². The number of aliphatic carboxylic acids is 1. The number of primary amides is 1. The van der Waals surface area contributed by atoms with Crippen molar-refractivity contribution >= 4 is 34.1 Å². The third kappa shape index (κ3) is 3.20. The highest BCUT2D eigenvalue weighted by Crippen LogP contribution is 2.12. The molecule has 0 fully saturated rings. The van der Waals surface area contributed by atoms with E-state index in [1.54, 1.807) is 0 Å². The Morgan fingerprint density at radius 3 is 2.75 bits per heavy atom. The number of rotatable bonds is 5. The van der Waals surface area contributed by atoms with Crippen molar-refractivity contribution in [3.05, 3.63) is 11.1 Å². The second kappa shape index (κ2) is 5.07. The number of amides is 1. The van der Waals surface area contributed by atoms with Crippen LogP contribution >= 0.6 is 11.3 Å². The number of aromatic nitrogens is 1. The SMILES string of the molecule is NC(=O)C(=NOCC(=O)O)c1csc(N)n1. The van der Waals surface area contributed by atoms with Crippen molar-refractivity contribution in [2.75, 3.05) is 12.3 Å². The Morgan fingerprint density at radius 2 is 2.31 bits per heavy atom. The lowest BCUT2D eigenvalue weighted by molar-refractivity contribution is -0.142. The molecule has 5 N–H and O–H groups in total. The molecule has 9 heteroatoms. The van der Waals surface area contributed by atoms with Crippen molar-refractivity contribution in [2.24, 2.45) is 10.9 Å². The first-order chi connectivity index (χ1) is 7.50. The Hall–Kier alpha value is -2.16. The predicted octanol–water partition coefficient (Wildman–Crippen LogP) is -0.984. The summed E-state index contributed by atoms with van der Waals surface area (Å²) in [5.41, 5.74) is 10.3. The third-order valence-corrected chi connectivity index (χ3v) is 2.02. The number of nitrogens with two attached hydrogens (primary N) is 2. The minimum absolute atomic E-state index is 0.153. The van der Waals surface area contributed by atoms with E-state index in [-0.39, 0.29) is 16.5 Å². The summed E-state index contributed by atoms with van der Waals surface area (Å²) >= 11 is 1.10. The zero-order valence-corrected chi connectivity index (χ0v) is 8.73. The summed E-state index contributed by atoms with van der Waals surface area (Å²) in [4.78, 5) is 29.3. The van der Waals surface area contributed by atoms with Crippen LogP contribution in [0.2, 0.25) is 0 Å². The number of anilines is 1. The van der Waals surface area contributed by atoms with Crippen LogP contribution in [0.1, 0.15) is 5.69 Å². The molecular formula is C7H8N4O4S. The lowest BCUT2D eigenvalue weighted by Gasteiger charge is -1.98. The molecule has 8 nitrogen and oxygen atoms in total. The molecule has 1 amide bonds. The van der Waals surface area contributed by atoms with E-state index in [1.807, 2.05) is 0 Å². The van der Waals surface area contributed by atoms with Crippen LogP contribution in [0.25, 0.3) is 0 Å². The largest absolute Gasteiger partial charge is 0.479 e. The predicted molar refractivity (Wildman–Crippen MR) is 55.8 cm³/mol. The fourth-order valence-electron chi connectivity index (χ4n) is 0.766. The van der Waals surface area contributed by atoms with E-state index in [0.29, 0.717) is 0 Å². The van der Waals surface area contributed by atoms with Crippen molar-refractivity contribution in [1.82, 2.24) is 4.98 Å². The summed E-state index contributed by atoms with van der Waals surface area (Å²) in [5.74, 6) is -2.10. The monoisotopic (exact) mass is 244 g/mol. The Morgan fingerprint density at radius 1 is 1.62 bits per heavy atom. The van der Waals surface area contributed by atoms with Gasteiger partial charge in [0.25, 0.3) is 5.91 Å². The van der Waals surface area contributed by atoms with E-state index in [1.165, 1.54) is 5.38 Å². The van der Waals surface area contributed by atoms with Gasteiger partial charge in [0.1, 0.15) is 5.69 Å². The highest BCUT2D eigenvalue weighted by atomic mass is 32.1. The molecule has 0 atom stereocenters. The lowest BCUT2D eigenvalue weighted by Crippen LogP contribution is -2.25. The zero-order chi connectivity index (χ0) is 12.1. The van der Waals surface area contributed by atoms with E-state index >= 15 is 0 Å². The average Bonchev–Trinajstić information content (AvgIpc) is 2.58. The summed E-state index contributed by atoms with van der Waals surface area (Å²) in [6.07, 6.45) is 0. The molecule has 0 radical (unpaired) electrons. The summed E-state index contributed by atoms with van der Waals surface area (Å²) in [6.45, 7) is -0.670. The summed E-state index contributed by atoms with van der Waals surface area (Å²) in [6, 6.07) is 0. The van der Waals surface area contributed by atoms with E-state index in [2.05, 4.69) is 15.0 Å². The number of hydrogen-bond donors (Lipinski definition) is 3. The number of oxime groups is 1. The van der Waals surface area contributed by atoms with E-state index in [9.17, 15) is 9.59 Å². The highest BCUT2D eigenvalue weighted by molar-refractivity contribution is 7.13. The lowest BCUT2D eigenvalue weighted by atomic mass is 10.3. The number of nitrogen functional groups attached to an aromatic ring is 1. The number of thiazole rings is 1. The van der Waals surface area contributed by atoms with Gasteiger partial charge in [0, 0.05) is 5.38 Å². The summed E-state index contributed by atoms with van der Waals surface area (Å²) in [5, 5.41) is 13.3. The van der Waals surface area contributed by atoms with Gasteiger partial charge in [0.15, 0.2) is 10.8 Å². The van der Waals surface area contributed by atoms with Crippen LogP contribution in [0, 0.1) is 0 Å². The minimum atomic E-state index is -1.22. The summed E-state index contributed by atoms with van der Waals surface area (Å²) < 4.78 is 0. The van der Waals surface area contributed by atoms with Crippen LogP contribution in [0.4, 0.5) is 5.13 Å². The van der Waals surface area contributed by atoms with Crippen LogP contribution in [0.15, 0.2) is 10.5 Å².